The Labute approximate surface area is 114 Å². The third kappa shape index (κ3) is 4.53. The normalized spacial score (nSPS) is 25.7. The Balaban J connectivity index is 0. The number of hydrogen-bond donors (Lipinski definition) is 5. The van der Waals surface area contributed by atoms with E-state index in [1.54, 1.807) is 0 Å². The van der Waals surface area contributed by atoms with E-state index in [2.05, 4.69) is 0 Å². The van der Waals surface area contributed by atoms with Gasteiger partial charge >= 0.3 is 37.2 Å². The molecule has 0 aromatic rings. The average Bonchev–Trinajstić information content (AvgIpc) is 1.95. The first-order chi connectivity index (χ1) is 7.46. The van der Waals surface area contributed by atoms with Gasteiger partial charge in [-0.1, -0.05) is 0 Å². The van der Waals surface area contributed by atoms with Gasteiger partial charge in [-0.3, -0.25) is 4.57 Å². The number of rotatable bonds is 5. The molecule has 2 atom stereocenters. The Hall–Kier alpha value is 1.22. The van der Waals surface area contributed by atoms with E-state index >= 15 is 0 Å². The van der Waals surface area contributed by atoms with Crippen molar-refractivity contribution in [3.63, 3.8) is 0 Å². The van der Waals surface area contributed by atoms with Crippen LogP contribution in [-0.2, 0) is 9.13 Å². The van der Waals surface area contributed by atoms with Crippen molar-refractivity contribution in [2.24, 2.45) is 5.73 Å². The molecule has 0 amide bonds. The maximum absolute atomic E-state index is 10.9. The maximum Gasteiger partial charge on any atom is 1.00 e. The summed E-state index contributed by atoms with van der Waals surface area (Å²) in [4.78, 5) is 36.8. The van der Waals surface area contributed by atoms with E-state index in [0.717, 1.165) is 0 Å². The molecule has 6 N–H and O–H groups in total. The molecule has 0 aliphatic carbocycles. The second kappa shape index (κ2) is 6.23. The quantitative estimate of drug-likeness (QED) is 0.246. The second-order valence-corrected chi connectivity index (χ2v) is 6.30. The van der Waals surface area contributed by atoms with E-state index < -0.39 is 39.6 Å². The molecule has 0 fully saturated rings. The molecule has 0 aliphatic heterocycles. The monoisotopic (exact) mass is 275 g/mol. The Kier molecular flexibility index (Phi) is 4.70. The summed E-state index contributed by atoms with van der Waals surface area (Å²) in [6.07, 6.45) is -5.27. The summed E-state index contributed by atoms with van der Waals surface area (Å²) < 4.78 is 49.6. The van der Waals surface area contributed by atoms with Crippen LogP contribution in [0.2, 0.25) is 0 Å². The van der Waals surface area contributed by atoms with Crippen LogP contribution in [0.15, 0.2) is 0 Å². The minimum Gasteiger partial charge on any atom is -0.776 e. The Bertz CT molecular complexity index is 394. The van der Waals surface area contributed by atoms with Gasteiger partial charge in [0.25, 0.3) is 0 Å². The van der Waals surface area contributed by atoms with E-state index in [1.807, 2.05) is 0 Å². The molecule has 8 nitrogen and oxygen atoms in total. The standard InChI is InChI=1S/C4H13NO7P2.Na/c5-3-1-2-4(6,13(7,8)9)14(10,11)12;/h6H,1-3,5H2,(H2,7,8,9)(H2,10,11,12);/q;+1/p-1/i1D2,3D2;. The molecule has 0 aromatic carbocycles. The molecule has 0 radical (unpaired) electrons. The van der Waals surface area contributed by atoms with Gasteiger partial charge in [0, 0.05) is 5.48 Å². The van der Waals surface area contributed by atoms with Crippen LogP contribution >= 0.6 is 15.2 Å². The van der Waals surface area contributed by atoms with Gasteiger partial charge in [0.15, 0.2) is 7.60 Å². The van der Waals surface area contributed by atoms with Crippen molar-refractivity contribution in [2.45, 2.75) is 17.9 Å². The fourth-order valence-electron chi connectivity index (χ4n) is 0.537. The first-order valence-electron chi connectivity index (χ1n) is 5.06. The van der Waals surface area contributed by atoms with Crippen LogP contribution in [0.4, 0.5) is 0 Å². The zero-order valence-corrected chi connectivity index (χ0v) is 11.5. The predicted molar refractivity (Wildman–Crippen MR) is 45.1 cm³/mol. The summed E-state index contributed by atoms with van der Waals surface area (Å²) in [7, 11) is -12.0. The van der Waals surface area contributed by atoms with Crippen molar-refractivity contribution >= 4 is 15.2 Å². The third-order valence-corrected chi connectivity index (χ3v) is 5.04. The summed E-state index contributed by atoms with van der Waals surface area (Å²) in [5.41, 5.74) is 4.73. The van der Waals surface area contributed by atoms with Crippen molar-refractivity contribution in [3.8, 4) is 0 Å². The van der Waals surface area contributed by atoms with Gasteiger partial charge in [-0.05, 0) is 19.3 Å². The zero-order valence-electron chi connectivity index (χ0n) is 11.7. The molecule has 15 heavy (non-hydrogen) atoms. The fourth-order valence-corrected chi connectivity index (χ4v) is 2.42. The van der Waals surface area contributed by atoms with Gasteiger partial charge in [-0.25, -0.2) is 0 Å². The Morgan fingerprint density at radius 3 is 2.00 bits per heavy atom. The smallest absolute Gasteiger partial charge is 0.776 e. The number of aliphatic hydroxyl groups is 1. The van der Waals surface area contributed by atoms with E-state index in [-0.39, 0.29) is 29.6 Å². The minimum atomic E-state index is -6.10. The van der Waals surface area contributed by atoms with Crippen molar-refractivity contribution in [3.05, 3.63) is 0 Å². The van der Waals surface area contributed by atoms with Crippen molar-refractivity contribution in [1.82, 2.24) is 0 Å². The molecule has 0 bridgehead atoms. The van der Waals surface area contributed by atoms with Crippen LogP contribution in [0.3, 0.4) is 0 Å². The molecule has 0 heterocycles. The van der Waals surface area contributed by atoms with Crippen molar-refractivity contribution < 1.29 is 68.9 Å². The largest absolute Gasteiger partial charge is 1.00 e. The minimum absolute atomic E-state index is 0. The van der Waals surface area contributed by atoms with Crippen LogP contribution in [-0.4, -0.2) is 31.4 Å². The van der Waals surface area contributed by atoms with Crippen LogP contribution in [0.5, 0.6) is 0 Å². The summed E-state index contributed by atoms with van der Waals surface area (Å²) in [5.74, 6) is 0. The van der Waals surface area contributed by atoms with Gasteiger partial charge < -0.3 is 35.0 Å². The van der Waals surface area contributed by atoms with Crippen LogP contribution in [0.1, 0.15) is 18.3 Å². The van der Waals surface area contributed by atoms with Gasteiger partial charge in [0.1, 0.15) is 0 Å². The molecule has 0 spiro atoms. The summed E-state index contributed by atoms with van der Waals surface area (Å²) >= 11 is 0. The summed E-state index contributed by atoms with van der Waals surface area (Å²) in [5, 5.41) is 5.18. The number of hydrogen-bond acceptors (Lipinski definition) is 5. The van der Waals surface area contributed by atoms with Gasteiger partial charge in [-0.2, -0.15) is 0 Å². The zero-order chi connectivity index (χ0) is 15.2. The molecule has 86 valence electrons. The Morgan fingerprint density at radius 2 is 1.80 bits per heavy atom. The van der Waals surface area contributed by atoms with E-state index in [4.69, 9.17) is 25.9 Å². The molecule has 2 unspecified atom stereocenters. The maximum atomic E-state index is 10.9. The van der Waals surface area contributed by atoms with E-state index in [1.165, 1.54) is 0 Å². The SMILES string of the molecule is [2H]C([2H])(N)C([2H])([2H])CC(O)(P(=O)([O-])O)P(=O)(O)O.[Na+]. The fraction of sp³-hybridized carbons (Fsp3) is 1.00. The van der Waals surface area contributed by atoms with E-state index in [0.29, 0.717) is 0 Å². The molecule has 0 aliphatic rings. The molecular weight excluding hydrogens is 259 g/mol. The summed E-state index contributed by atoms with van der Waals surface area (Å²) in [6, 6.07) is 0. The second-order valence-electron chi connectivity index (χ2n) is 2.34. The summed E-state index contributed by atoms with van der Waals surface area (Å²) in [6.45, 7) is -3.20. The van der Waals surface area contributed by atoms with Crippen LogP contribution < -0.4 is 40.2 Å². The van der Waals surface area contributed by atoms with Crippen LogP contribution in [0.25, 0.3) is 0 Å². The molecule has 0 saturated carbocycles. The molecule has 0 rings (SSSR count). The van der Waals surface area contributed by atoms with Crippen molar-refractivity contribution in [2.75, 3.05) is 6.50 Å². The van der Waals surface area contributed by atoms with Gasteiger partial charge in [-0.15, -0.1) is 0 Å². The third-order valence-electron chi connectivity index (χ3n) is 1.35. The van der Waals surface area contributed by atoms with Crippen LogP contribution in [0, 0.1) is 0 Å². The predicted octanol–water partition coefficient (Wildman–Crippen LogP) is -4.90. The molecule has 0 aromatic heterocycles. The van der Waals surface area contributed by atoms with E-state index in [9.17, 15) is 19.1 Å². The average molecular weight is 275 g/mol. The van der Waals surface area contributed by atoms with Crippen molar-refractivity contribution in [1.29, 1.82) is 0 Å². The first-order valence-corrected chi connectivity index (χ1v) is 6.25. The number of nitrogens with two attached hydrogens (primary N) is 1. The first kappa shape index (κ1) is 11.3. The Morgan fingerprint density at radius 1 is 1.40 bits per heavy atom. The topological polar surface area (TPSA) is 164 Å². The molecule has 0 saturated heterocycles. The molecular formula is C4H12NNaO7P2. The van der Waals surface area contributed by atoms with Gasteiger partial charge in [0.2, 0.25) is 5.08 Å². The molecule has 11 heteroatoms. The van der Waals surface area contributed by atoms with Gasteiger partial charge in [0.05, 0.1) is 0 Å².